The van der Waals surface area contributed by atoms with E-state index < -0.39 is 29.5 Å². The minimum atomic E-state index is -0.947. The van der Waals surface area contributed by atoms with Gasteiger partial charge in [-0.05, 0) is 80.7 Å². The van der Waals surface area contributed by atoms with Gasteiger partial charge in [-0.15, -0.1) is 0 Å². The maximum atomic E-state index is 14.6. The number of piperazine rings is 1. The molecule has 45 heavy (non-hydrogen) atoms. The number of amides is 3. The van der Waals surface area contributed by atoms with E-state index in [4.69, 9.17) is 9.47 Å². The van der Waals surface area contributed by atoms with Crippen LogP contribution in [0.2, 0.25) is 0 Å². The van der Waals surface area contributed by atoms with Crippen LogP contribution >= 0.6 is 0 Å². The zero-order chi connectivity index (χ0) is 31.9. The van der Waals surface area contributed by atoms with Crippen molar-refractivity contribution in [2.75, 3.05) is 31.2 Å². The lowest BCUT2D eigenvalue weighted by Gasteiger charge is -2.45. The molecule has 6 rings (SSSR count). The molecule has 3 atom stereocenters. The predicted octanol–water partition coefficient (Wildman–Crippen LogP) is 4.14. The van der Waals surface area contributed by atoms with Gasteiger partial charge in [-0.1, -0.05) is 50.2 Å². The molecular formula is C36H48N4O5. The SMILES string of the molecule is CC(C)CC1C(=O)NC(C2Cc3ccccc3C2)C(=O)N1C(C(=O)NC(C)(C)C)c1ccc(N2CCC3(CC2)OCCO3)cc1. The maximum Gasteiger partial charge on any atom is 0.247 e. The molecule has 1 spiro atoms. The fraction of sp³-hybridized carbons (Fsp3) is 0.583. The average molecular weight is 617 g/mol. The Balaban J connectivity index is 1.31. The lowest BCUT2D eigenvalue weighted by Crippen LogP contribution is -2.67. The van der Waals surface area contributed by atoms with Gasteiger partial charge in [0.2, 0.25) is 17.7 Å². The number of hydrogen-bond donors (Lipinski definition) is 2. The number of nitrogens with one attached hydrogen (secondary N) is 2. The third kappa shape index (κ3) is 6.61. The molecule has 3 amide bonds. The summed E-state index contributed by atoms with van der Waals surface area (Å²) in [6.45, 7) is 12.8. The summed E-state index contributed by atoms with van der Waals surface area (Å²) in [5, 5.41) is 6.23. The molecule has 0 aromatic heterocycles. The highest BCUT2D eigenvalue weighted by molar-refractivity contribution is 6.00. The maximum absolute atomic E-state index is 14.6. The molecule has 242 valence electrons. The minimum Gasteiger partial charge on any atom is -0.371 e. The van der Waals surface area contributed by atoms with Crippen LogP contribution in [0, 0.1) is 11.8 Å². The van der Waals surface area contributed by atoms with Gasteiger partial charge in [0.25, 0.3) is 0 Å². The van der Waals surface area contributed by atoms with E-state index in [1.54, 1.807) is 4.90 Å². The van der Waals surface area contributed by atoms with Crippen molar-refractivity contribution in [3.8, 4) is 0 Å². The molecule has 0 radical (unpaired) electrons. The molecule has 3 fully saturated rings. The highest BCUT2D eigenvalue weighted by atomic mass is 16.7. The number of hydrogen-bond acceptors (Lipinski definition) is 6. The Kier molecular flexibility index (Phi) is 8.69. The van der Waals surface area contributed by atoms with Gasteiger partial charge >= 0.3 is 0 Å². The van der Waals surface area contributed by atoms with Crippen LogP contribution in [-0.2, 0) is 36.7 Å². The summed E-state index contributed by atoms with van der Waals surface area (Å²) in [6, 6.07) is 13.8. The molecule has 2 aromatic carbocycles. The summed E-state index contributed by atoms with van der Waals surface area (Å²) in [5.41, 5.74) is 3.65. The lowest BCUT2D eigenvalue weighted by molar-refractivity contribution is -0.169. The van der Waals surface area contributed by atoms with Gasteiger partial charge in [0.05, 0.1) is 13.2 Å². The van der Waals surface area contributed by atoms with E-state index in [1.165, 1.54) is 11.1 Å². The summed E-state index contributed by atoms with van der Waals surface area (Å²) in [7, 11) is 0. The number of fused-ring (bicyclic) bond motifs is 1. The Bertz CT molecular complexity index is 1380. The molecule has 3 heterocycles. The number of rotatable bonds is 7. The second-order valence-electron chi connectivity index (χ2n) is 14.6. The third-order valence-electron chi connectivity index (χ3n) is 9.64. The van der Waals surface area contributed by atoms with Gasteiger partial charge < -0.3 is 29.9 Å². The van der Waals surface area contributed by atoms with Crippen molar-refractivity contribution in [3.05, 3.63) is 65.2 Å². The first-order valence-electron chi connectivity index (χ1n) is 16.6. The standard InChI is InChI=1S/C36H48N4O5/c1-23(2)20-29-32(41)37-30(27-21-25-8-6-7-9-26(25)22-27)34(43)40(29)31(33(42)38-35(3,4)5)24-10-12-28(13-11-24)39-16-14-36(15-17-39)44-18-19-45-36/h6-13,23,27,29-31H,14-22H2,1-5H3,(H,37,41)(H,38,42). The summed E-state index contributed by atoms with van der Waals surface area (Å²) in [5.74, 6) is -1.03. The molecule has 3 unspecified atom stereocenters. The number of benzene rings is 2. The van der Waals surface area contributed by atoms with Gasteiger partial charge in [-0.3, -0.25) is 14.4 Å². The molecule has 3 aliphatic heterocycles. The highest BCUT2D eigenvalue weighted by Gasteiger charge is 2.50. The Morgan fingerprint density at radius 3 is 2.13 bits per heavy atom. The zero-order valence-electron chi connectivity index (χ0n) is 27.3. The van der Waals surface area contributed by atoms with Gasteiger partial charge in [0.1, 0.15) is 18.1 Å². The third-order valence-corrected chi connectivity index (χ3v) is 9.64. The van der Waals surface area contributed by atoms with E-state index in [9.17, 15) is 14.4 Å². The first-order chi connectivity index (χ1) is 21.4. The van der Waals surface area contributed by atoms with Crippen LogP contribution < -0.4 is 15.5 Å². The molecule has 2 aromatic rings. The van der Waals surface area contributed by atoms with Crippen molar-refractivity contribution in [2.24, 2.45) is 11.8 Å². The molecule has 0 saturated carbocycles. The van der Waals surface area contributed by atoms with Gasteiger partial charge in [0, 0.05) is 37.2 Å². The van der Waals surface area contributed by atoms with Crippen molar-refractivity contribution in [3.63, 3.8) is 0 Å². The van der Waals surface area contributed by atoms with Crippen LogP contribution in [0.5, 0.6) is 0 Å². The van der Waals surface area contributed by atoms with Crippen molar-refractivity contribution >= 4 is 23.4 Å². The Morgan fingerprint density at radius 1 is 0.978 bits per heavy atom. The van der Waals surface area contributed by atoms with Gasteiger partial charge in [-0.25, -0.2) is 0 Å². The second-order valence-corrected chi connectivity index (χ2v) is 14.6. The Morgan fingerprint density at radius 2 is 1.58 bits per heavy atom. The normalized spacial score (nSPS) is 24.2. The topological polar surface area (TPSA) is 100 Å². The van der Waals surface area contributed by atoms with E-state index in [0.29, 0.717) is 25.2 Å². The van der Waals surface area contributed by atoms with Crippen LogP contribution in [0.3, 0.4) is 0 Å². The van der Waals surface area contributed by atoms with E-state index in [-0.39, 0.29) is 29.6 Å². The molecule has 1 aliphatic carbocycles. The number of carbonyl (C=O) groups is 3. The highest BCUT2D eigenvalue weighted by Crippen LogP contribution is 2.37. The quantitative estimate of drug-likeness (QED) is 0.485. The Labute approximate surface area is 267 Å². The van der Waals surface area contributed by atoms with Crippen molar-refractivity contribution in [1.29, 1.82) is 0 Å². The van der Waals surface area contributed by atoms with Crippen LogP contribution in [0.4, 0.5) is 5.69 Å². The number of nitrogens with zero attached hydrogens (tertiary/aromatic N) is 2. The molecule has 2 N–H and O–H groups in total. The van der Waals surface area contributed by atoms with Crippen LogP contribution in [0.25, 0.3) is 0 Å². The molecular weight excluding hydrogens is 568 g/mol. The summed E-state index contributed by atoms with van der Waals surface area (Å²) < 4.78 is 11.8. The number of piperidine rings is 1. The van der Waals surface area contributed by atoms with Crippen molar-refractivity contribution < 1.29 is 23.9 Å². The molecule has 3 saturated heterocycles. The largest absolute Gasteiger partial charge is 0.371 e. The molecule has 9 nitrogen and oxygen atoms in total. The monoisotopic (exact) mass is 616 g/mol. The van der Waals surface area contributed by atoms with Crippen LogP contribution in [0.1, 0.15) is 76.6 Å². The van der Waals surface area contributed by atoms with E-state index >= 15 is 0 Å². The first kappa shape index (κ1) is 31.5. The summed E-state index contributed by atoms with van der Waals surface area (Å²) >= 11 is 0. The summed E-state index contributed by atoms with van der Waals surface area (Å²) in [6.07, 6.45) is 3.50. The zero-order valence-corrected chi connectivity index (χ0v) is 27.3. The van der Waals surface area contributed by atoms with Crippen LogP contribution in [0.15, 0.2) is 48.5 Å². The van der Waals surface area contributed by atoms with E-state index in [2.05, 4.69) is 27.7 Å². The summed E-state index contributed by atoms with van der Waals surface area (Å²) in [4.78, 5) is 46.6. The smallest absolute Gasteiger partial charge is 0.247 e. The minimum absolute atomic E-state index is 0.0646. The van der Waals surface area contributed by atoms with E-state index in [0.717, 1.165) is 44.5 Å². The van der Waals surface area contributed by atoms with Gasteiger partial charge in [-0.2, -0.15) is 0 Å². The van der Waals surface area contributed by atoms with Crippen molar-refractivity contribution in [1.82, 2.24) is 15.5 Å². The predicted molar refractivity (Wildman–Crippen MR) is 173 cm³/mol. The lowest BCUT2D eigenvalue weighted by atomic mass is 9.87. The Hall–Kier alpha value is -3.43. The fourth-order valence-electron chi connectivity index (χ4n) is 7.51. The molecule has 9 heteroatoms. The molecule has 0 bridgehead atoms. The van der Waals surface area contributed by atoms with E-state index in [1.807, 2.05) is 71.0 Å². The number of anilines is 1. The van der Waals surface area contributed by atoms with Gasteiger partial charge in [0.15, 0.2) is 5.79 Å². The molecule has 4 aliphatic rings. The number of ether oxygens (including phenoxy) is 2. The average Bonchev–Trinajstić information content (AvgIpc) is 3.63. The van der Waals surface area contributed by atoms with Crippen LogP contribution in [-0.4, -0.2) is 72.3 Å². The second kappa shape index (κ2) is 12.4. The fourth-order valence-corrected chi connectivity index (χ4v) is 7.51. The first-order valence-corrected chi connectivity index (χ1v) is 16.6. The van der Waals surface area contributed by atoms with Crippen molar-refractivity contribution in [2.45, 2.75) is 96.2 Å². The number of carbonyl (C=O) groups excluding carboxylic acids is 3.